The highest BCUT2D eigenvalue weighted by Crippen LogP contribution is 2.14. The molecule has 2 aromatic carbocycles. The standard InChI is InChI=1S/C21H25N3O3/c1-15(2)12-22-20(25)21(26)24-23-13-17-8-10-19(11-9-17)27-14-18-6-4-16(3)5-7-18/h4-11,13,15H,12,14H2,1-3H3,(H,22,25)(H,24,26)/b23-13-. The first-order valence-electron chi connectivity index (χ1n) is 8.83. The predicted octanol–water partition coefficient (Wildman–Crippen LogP) is 2.80. The van der Waals surface area contributed by atoms with Crippen molar-refractivity contribution < 1.29 is 14.3 Å². The molecule has 0 aliphatic heterocycles. The molecule has 142 valence electrons. The Labute approximate surface area is 159 Å². The first-order chi connectivity index (χ1) is 12.9. The third-order valence-corrected chi connectivity index (χ3v) is 3.66. The summed E-state index contributed by atoms with van der Waals surface area (Å²) >= 11 is 0. The Balaban J connectivity index is 1.79. The van der Waals surface area contributed by atoms with Gasteiger partial charge >= 0.3 is 11.8 Å². The topological polar surface area (TPSA) is 79.8 Å². The number of hydrogen-bond acceptors (Lipinski definition) is 4. The van der Waals surface area contributed by atoms with Crippen molar-refractivity contribution >= 4 is 18.0 Å². The Hall–Kier alpha value is -3.15. The Kier molecular flexibility index (Phi) is 7.55. The lowest BCUT2D eigenvalue weighted by atomic mass is 10.2. The van der Waals surface area contributed by atoms with Crippen LogP contribution in [0.1, 0.15) is 30.5 Å². The molecule has 6 nitrogen and oxygen atoms in total. The number of ether oxygens (including phenoxy) is 1. The zero-order valence-electron chi connectivity index (χ0n) is 15.9. The van der Waals surface area contributed by atoms with E-state index in [1.165, 1.54) is 11.8 Å². The van der Waals surface area contributed by atoms with Crippen LogP contribution in [0.5, 0.6) is 5.75 Å². The van der Waals surface area contributed by atoms with Crippen LogP contribution < -0.4 is 15.5 Å². The molecule has 0 heterocycles. The maximum absolute atomic E-state index is 11.6. The van der Waals surface area contributed by atoms with Crippen LogP contribution in [0.2, 0.25) is 0 Å². The van der Waals surface area contributed by atoms with E-state index >= 15 is 0 Å². The lowest BCUT2D eigenvalue weighted by Gasteiger charge is -2.07. The van der Waals surface area contributed by atoms with E-state index in [4.69, 9.17) is 4.74 Å². The van der Waals surface area contributed by atoms with E-state index in [0.717, 1.165) is 16.9 Å². The van der Waals surface area contributed by atoms with Crippen LogP contribution in [-0.2, 0) is 16.2 Å². The van der Waals surface area contributed by atoms with E-state index in [-0.39, 0.29) is 5.92 Å². The number of rotatable bonds is 7. The van der Waals surface area contributed by atoms with Crippen molar-refractivity contribution in [2.75, 3.05) is 6.54 Å². The number of amides is 2. The van der Waals surface area contributed by atoms with E-state index in [1.807, 2.05) is 57.2 Å². The van der Waals surface area contributed by atoms with E-state index in [9.17, 15) is 9.59 Å². The van der Waals surface area contributed by atoms with Gasteiger partial charge in [0.25, 0.3) is 0 Å². The summed E-state index contributed by atoms with van der Waals surface area (Å²) in [5.41, 5.74) is 5.30. The summed E-state index contributed by atoms with van der Waals surface area (Å²) < 4.78 is 5.74. The molecule has 27 heavy (non-hydrogen) atoms. The van der Waals surface area contributed by atoms with Crippen molar-refractivity contribution in [3.8, 4) is 5.75 Å². The van der Waals surface area contributed by atoms with E-state index in [2.05, 4.69) is 28.0 Å². The molecule has 0 saturated carbocycles. The van der Waals surface area contributed by atoms with Crippen molar-refractivity contribution in [1.29, 1.82) is 0 Å². The van der Waals surface area contributed by atoms with Gasteiger partial charge in [-0.05, 0) is 48.2 Å². The number of aryl methyl sites for hydroxylation is 1. The summed E-state index contributed by atoms with van der Waals surface area (Å²) in [6.07, 6.45) is 1.47. The van der Waals surface area contributed by atoms with Gasteiger partial charge in [0.15, 0.2) is 0 Å². The lowest BCUT2D eigenvalue weighted by molar-refractivity contribution is -0.139. The van der Waals surface area contributed by atoms with Crippen LogP contribution in [0, 0.1) is 12.8 Å². The first-order valence-corrected chi connectivity index (χ1v) is 8.83. The second-order valence-corrected chi connectivity index (χ2v) is 6.65. The summed E-state index contributed by atoms with van der Waals surface area (Å²) in [7, 11) is 0. The van der Waals surface area contributed by atoms with Gasteiger partial charge in [0, 0.05) is 6.54 Å². The fourth-order valence-corrected chi connectivity index (χ4v) is 2.09. The molecule has 0 unspecified atom stereocenters. The fourth-order valence-electron chi connectivity index (χ4n) is 2.09. The van der Waals surface area contributed by atoms with Crippen molar-refractivity contribution in [2.45, 2.75) is 27.4 Å². The lowest BCUT2D eigenvalue weighted by Crippen LogP contribution is -2.39. The van der Waals surface area contributed by atoms with Crippen LogP contribution in [-0.4, -0.2) is 24.6 Å². The molecule has 0 atom stereocenters. The molecule has 0 aromatic heterocycles. The molecule has 2 rings (SSSR count). The number of nitrogens with one attached hydrogen (secondary N) is 2. The van der Waals surface area contributed by atoms with E-state index in [0.29, 0.717) is 13.2 Å². The maximum atomic E-state index is 11.6. The molecule has 2 aromatic rings. The highest BCUT2D eigenvalue weighted by atomic mass is 16.5. The highest BCUT2D eigenvalue weighted by Gasteiger charge is 2.11. The van der Waals surface area contributed by atoms with Crippen molar-refractivity contribution in [1.82, 2.24) is 10.7 Å². The molecule has 0 aliphatic carbocycles. The number of carbonyl (C=O) groups is 2. The Morgan fingerprint density at radius 2 is 1.70 bits per heavy atom. The van der Waals surface area contributed by atoms with Gasteiger partial charge in [-0.15, -0.1) is 0 Å². The summed E-state index contributed by atoms with van der Waals surface area (Å²) in [4.78, 5) is 23.1. The zero-order valence-corrected chi connectivity index (χ0v) is 15.9. The van der Waals surface area contributed by atoms with Gasteiger partial charge < -0.3 is 10.1 Å². The molecule has 0 spiro atoms. The van der Waals surface area contributed by atoms with Crippen LogP contribution in [0.4, 0.5) is 0 Å². The van der Waals surface area contributed by atoms with Gasteiger partial charge in [0.1, 0.15) is 12.4 Å². The van der Waals surface area contributed by atoms with Gasteiger partial charge in [-0.25, -0.2) is 5.43 Å². The van der Waals surface area contributed by atoms with Crippen molar-refractivity contribution in [3.63, 3.8) is 0 Å². The fraction of sp³-hybridized carbons (Fsp3) is 0.286. The minimum absolute atomic E-state index is 0.275. The summed E-state index contributed by atoms with van der Waals surface area (Å²) in [6, 6.07) is 15.5. The van der Waals surface area contributed by atoms with Crippen molar-refractivity contribution in [3.05, 3.63) is 65.2 Å². The molecule has 0 aliphatic rings. The second kappa shape index (κ2) is 10.1. The highest BCUT2D eigenvalue weighted by molar-refractivity contribution is 6.35. The van der Waals surface area contributed by atoms with Crippen LogP contribution in [0.15, 0.2) is 53.6 Å². The van der Waals surface area contributed by atoms with Gasteiger partial charge in [0.2, 0.25) is 0 Å². The van der Waals surface area contributed by atoms with Crippen LogP contribution >= 0.6 is 0 Å². The first kappa shape index (κ1) is 20.2. The molecule has 2 amide bonds. The number of hydrogen-bond donors (Lipinski definition) is 2. The third kappa shape index (κ3) is 7.32. The summed E-state index contributed by atoms with van der Waals surface area (Å²) in [5, 5.41) is 6.32. The quantitative estimate of drug-likeness (QED) is 0.449. The molecule has 6 heteroatoms. The largest absolute Gasteiger partial charge is 0.489 e. The third-order valence-electron chi connectivity index (χ3n) is 3.66. The molecule has 0 radical (unpaired) electrons. The van der Waals surface area contributed by atoms with Gasteiger partial charge in [-0.2, -0.15) is 5.10 Å². The average molecular weight is 367 g/mol. The SMILES string of the molecule is Cc1ccc(COc2ccc(/C=N\NC(=O)C(=O)NCC(C)C)cc2)cc1. The van der Waals surface area contributed by atoms with Gasteiger partial charge in [-0.3, -0.25) is 9.59 Å². The maximum Gasteiger partial charge on any atom is 0.329 e. The molecular weight excluding hydrogens is 342 g/mol. The van der Waals surface area contributed by atoms with Crippen molar-refractivity contribution in [2.24, 2.45) is 11.0 Å². The van der Waals surface area contributed by atoms with Crippen LogP contribution in [0.25, 0.3) is 0 Å². The molecule has 2 N–H and O–H groups in total. The molecule has 0 saturated heterocycles. The van der Waals surface area contributed by atoms with E-state index < -0.39 is 11.8 Å². The predicted molar refractivity (Wildman–Crippen MR) is 106 cm³/mol. The monoisotopic (exact) mass is 367 g/mol. The molecule has 0 bridgehead atoms. The zero-order chi connectivity index (χ0) is 19.6. The number of nitrogens with zero attached hydrogens (tertiary/aromatic N) is 1. The molecular formula is C21H25N3O3. The molecule has 0 fully saturated rings. The van der Waals surface area contributed by atoms with Gasteiger partial charge in [0.05, 0.1) is 6.21 Å². The normalized spacial score (nSPS) is 10.8. The minimum atomic E-state index is -0.787. The Morgan fingerprint density at radius 1 is 1.04 bits per heavy atom. The van der Waals surface area contributed by atoms with Gasteiger partial charge in [-0.1, -0.05) is 43.7 Å². The Bertz CT molecular complexity index is 781. The summed E-state index contributed by atoms with van der Waals surface area (Å²) in [6.45, 7) is 6.88. The summed E-state index contributed by atoms with van der Waals surface area (Å²) in [5.74, 6) is -0.465. The smallest absolute Gasteiger partial charge is 0.329 e. The number of hydrazone groups is 1. The number of carbonyl (C=O) groups excluding carboxylic acids is 2. The Morgan fingerprint density at radius 3 is 2.33 bits per heavy atom. The average Bonchev–Trinajstić information content (AvgIpc) is 2.66. The number of benzene rings is 2. The van der Waals surface area contributed by atoms with Crippen LogP contribution in [0.3, 0.4) is 0 Å². The van der Waals surface area contributed by atoms with E-state index in [1.54, 1.807) is 0 Å². The minimum Gasteiger partial charge on any atom is -0.489 e. The second-order valence-electron chi connectivity index (χ2n) is 6.65.